The number of rotatable bonds is 2. The molecule has 0 radical (unpaired) electrons. The summed E-state index contributed by atoms with van der Waals surface area (Å²) in [4.78, 5) is 10.8. The lowest BCUT2D eigenvalue weighted by atomic mass is 10.2. The third-order valence-corrected chi connectivity index (χ3v) is 1.15. The first-order valence-electron chi connectivity index (χ1n) is 4.13. The van der Waals surface area contributed by atoms with Crippen molar-refractivity contribution in [3.8, 4) is 0 Å². The van der Waals surface area contributed by atoms with Crippen molar-refractivity contribution in [1.82, 2.24) is 0 Å². The lowest BCUT2D eigenvalue weighted by Crippen LogP contribution is -2.26. The Balaban J connectivity index is 3.98. The zero-order chi connectivity index (χ0) is 12.3. The second-order valence-electron chi connectivity index (χ2n) is 3.85. The van der Waals surface area contributed by atoms with Crippen molar-refractivity contribution in [3.63, 3.8) is 0 Å². The zero-order valence-electron chi connectivity index (χ0n) is 8.77. The van der Waals surface area contributed by atoms with Gasteiger partial charge in [-0.05, 0) is 20.8 Å². The molecular weight excluding hydrogens is 213 g/mol. The monoisotopic (exact) mass is 226 g/mol. The van der Waals surface area contributed by atoms with Crippen molar-refractivity contribution in [3.05, 3.63) is 12.2 Å². The van der Waals surface area contributed by atoms with Crippen LogP contribution in [0.4, 0.5) is 18.0 Å². The molecule has 0 aliphatic rings. The molecule has 3 nitrogen and oxygen atoms in total. The van der Waals surface area contributed by atoms with Crippen molar-refractivity contribution in [2.45, 2.75) is 32.5 Å². The number of alkyl halides is 3. The third-order valence-electron chi connectivity index (χ3n) is 1.15. The Morgan fingerprint density at radius 1 is 1.27 bits per heavy atom. The predicted molar refractivity (Wildman–Crippen MR) is 47.4 cm³/mol. The minimum absolute atomic E-state index is 0.795. The van der Waals surface area contributed by atoms with Crippen molar-refractivity contribution >= 4 is 6.16 Å². The molecule has 0 aliphatic heterocycles. The van der Waals surface area contributed by atoms with Crippen LogP contribution in [0.3, 0.4) is 0 Å². The lowest BCUT2D eigenvalue weighted by Gasteiger charge is -2.19. The van der Waals surface area contributed by atoms with E-state index in [-0.39, 0.29) is 0 Å². The number of hydrogen-bond donors (Lipinski definition) is 0. The van der Waals surface area contributed by atoms with Gasteiger partial charge in [0, 0.05) is 0 Å². The maximum absolute atomic E-state index is 11.9. The van der Waals surface area contributed by atoms with E-state index in [1.807, 2.05) is 0 Å². The Labute approximate surface area is 85.9 Å². The molecule has 0 heterocycles. The molecule has 0 aromatic heterocycles. The highest BCUT2D eigenvalue weighted by Crippen LogP contribution is 2.24. The second-order valence-corrected chi connectivity index (χ2v) is 3.85. The van der Waals surface area contributed by atoms with Crippen LogP contribution in [-0.4, -0.2) is 24.5 Å². The topological polar surface area (TPSA) is 35.5 Å². The third kappa shape index (κ3) is 6.82. The number of hydrogen-bond acceptors (Lipinski definition) is 3. The highest BCUT2D eigenvalue weighted by atomic mass is 19.4. The summed E-state index contributed by atoms with van der Waals surface area (Å²) in [5, 5.41) is 0. The van der Waals surface area contributed by atoms with E-state index in [1.165, 1.54) is 0 Å². The predicted octanol–water partition coefficient (Wildman–Crippen LogP) is 3.06. The molecule has 0 fully saturated rings. The highest BCUT2D eigenvalue weighted by molar-refractivity contribution is 5.60. The van der Waals surface area contributed by atoms with Gasteiger partial charge in [-0.15, -0.1) is 0 Å². The molecule has 0 aromatic carbocycles. The fraction of sp³-hybridized carbons (Fsp3) is 0.667. The van der Waals surface area contributed by atoms with Gasteiger partial charge in [-0.25, -0.2) is 4.79 Å². The molecule has 0 N–H and O–H groups in total. The van der Waals surface area contributed by atoms with Crippen LogP contribution in [0.1, 0.15) is 20.8 Å². The van der Waals surface area contributed by atoms with Gasteiger partial charge in [0.05, 0.1) is 5.57 Å². The maximum atomic E-state index is 11.9. The minimum atomic E-state index is -4.55. The number of ether oxygens (including phenoxy) is 2. The highest BCUT2D eigenvalue weighted by Gasteiger charge is 2.33. The van der Waals surface area contributed by atoms with Crippen LogP contribution in [0.25, 0.3) is 0 Å². The van der Waals surface area contributed by atoms with E-state index in [0.717, 1.165) is 0 Å². The van der Waals surface area contributed by atoms with Crippen LogP contribution in [0.2, 0.25) is 0 Å². The summed E-state index contributed by atoms with van der Waals surface area (Å²) in [6.45, 7) is 6.55. The first-order chi connectivity index (χ1) is 6.52. The van der Waals surface area contributed by atoms with Crippen LogP contribution in [0.15, 0.2) is 12.2 Å². The Morgan fingerprint density at radius 2 is 1.73 bits per heavy atom. The number of halogens is 3. The molecular formula is C9H13F3O3. The number of carbonyl (C=O) groups is 1. The fourth-order valence-electron chi connectivity index (χ4n) is 0.507. The van der Waals surface area contributed by atoms with Gasteiger partial charge in [0.25, 0.3) is 0 Å². The van der Waals surface area contributed by atoms with Gasteiger partial charge in [0.2, 0.25) is 0 Å². The Morgan fingerprint density at radius 3 is 2.07 bits per heavy atom. The molecule has 88 valence electrons. The van der Waals surface area contributed by atoms with Gasteiger partial charge < -0.3 is 9.47 Å². The van der Waals surface area contributed by atoms with Crippen LogP contribution in [0, 0.1) is 0 Å². The molecule has 0 saturated heterocycles. The van der Waals surface area contributed by atoms with Gasteiger partial charge in [-0.3, -0.25) is 0 Å². The molecule has 0 spiro atoms. The van der Waals surface area contributed by atoms with E-state index in [2.05, 4.69) is 16.1 Å². The van der Waals surface area contributed by atoms with Crippen LogP contribution < -0.4 is 0 Å². The molecule has 0 bridgehead atoms. The van der Waals surface area contributed by atoms with Crippen LogP contribution >= 0.6 is 0 Å². The van der Waals surface area contributed by atoms with Gasteiger partial charge in [-0.1, -0.05) is 6.58 Å². The van der Waals surface area contributed by atoms with Crippen molar-refractivity contribution < 1.29 is 27.4 Å². The summed E-state index contributed by atoms with van der Waals surface area (Å²) >= 11 is 0. The molecule has 15 heavy (non-hydrogen) atoms. The van der Waals surface area contributed by atoms with E-state index in [1.54, 1.807) is 20.8 Å². The minimum Gasteiger partial charge on any atom is -0.429 e. The van der Waals surface area contributed by atoms with Gasteiger partial charge in [0.1, 0.15) is 12.2 Å². The number of carbonyl (C=O) groups excluding carboxylic acids is 1. The molecule has 0 amide bonds. The quantitative estimate of drug-likeness (QED) is 0.536. The van der Waals surface area contributed by atoms with Crippen molar-refractivity contribution in [1.29, 1.82) is 0 Å². The molecule has 0 aliphatic carbocycles. The van der Waals surface area contributed by atoms with Crippen molar-refractivity contribution in [2.75, 3.05) is 6.61 Å². The van der Waals surface area contributed by atoms with E-state index in [9.17, 15) is 18.0 Å². The maximum Gasteiger partial charge on any atom is 0.509 e. The Bertz CT molecular complexity index is 250. The van der Waals surface area contributed by atoms with Gasteiger partial charge in [-0.2, -0.15) is 13.2 Å². The summed E-state index contributed by atoms with van der Waals surface area (Å²) in [6, 6.07) is 0. The van der Waals surface area contributed by atoms with E-state index < -0.39 is 30.1 Å². The molecule has 0 saturated carbocycles. The smallest absolute Gasteiger partial charge is 0.429 e. The van der Waals surface area contributed by atoms with Crippen LogP contribution in [-0.2, 0) is 9.47 Å². The summed E-state index contributed by atoms with van der Waals surface area (Å²) in [5.74, 6) is 0. The summed E-state index contributed by atoms with van der Waals surface area (Å²) in [6.07, 6.45) is -5.70. The first kappa shape index (κ1) is 13.8. The summed E-state index contributed by atoms with van der Waals surface area (Å²) in [5.41, 5.74) is -1.93. The molecule has 6 heteroatoms. The average Bonchev–Trinajstić information content (AvgIpc) is 1.94. The van der Waals surface area contributed by atoms with E-state index in [4.69, 9.17) is 0 Å². The van der Waals surface area contributed by atoms with Gasteiger partial charge in [0.15, 0.2) is 0 Å². The zero-order valence-corrected chi connectivity index (χ0v) is 8.77. The van der Waals surface area contributed by atoms with E-state index in [0.29, 0.717) is 0 Å². The van der Waals surface area contributed by atoms with Gasteiger partial charge >= 0.3 is 12.3 Å². The molecule has 0 aromatic rings. The molecule has 0 atom stereocenters. The summed E-state index contributed by atoms with van der Waals surface area (Å²) < 4.78 is 44.6. The average molecular weight is 226 g/mol. The Kier molecular flexibility index (Phi) is 4.18. The summed E-state index contributed by atoms with van der Waals surface area (Å²) in [7, 11) is 0. The SMILES string of the molecule is C=C(COC(=O)OC(C)(C)C)C(F)(F)F. The fourth-order valence-corrected chi connectivity index (χ4v) is 0.507. The first-order valence-corrected chi connectivity index (χ1v) is 4.13. The lowest BCUT2D eigenvalue weighted by molar-refractivity contribution is -0.0996. The molecule has 0 unspecified atom stereocenters. The van der Waals surface area contributed by atoms with Crippen molar-refractivity contribution in [2.24, 2.45) is 0 Å². The normalized spacial score (nSPS) is 12.1. The largest absolute Gasteiger partial charge is 0.509 e. The van der Waals surface area contributed by atoms with Crippen LogP contribution in [0.5, 0.6) is 0 Å². The molecule has 0 rings (SSSR count). The second kappa shape index (κ2) is 4.55. The Hall–Kier alpha value is -1.20. The van der Waals surface area contributed by atoms with E-state index >= 15 is 0 Å². The standard InChI is InChI=1S/C9H13F3O3/c1-6(9(10,11)12)5-14-7(13)15-8(2,3)4/h1,5H2,2-4H3.